The van der Waals surface area contributed by atoms with Gasteiger partial charge < -0.3 is 15.5 Å². The number of amides is 1. The monoisotopic (exact) mass is 594 g/mol. The number of dihydropyridines is 1. The third-order valence-corrected chi connectivity index (χ3v) is 8.41. The summed E-state index contributed by atoms with van der Waals surface area (Å²) < 4.78 is 21.6. The average Bonchev–Trinajstić information content (AvgIpc) is 3.49. The van der Waals surface area contributed by atoms with Gasteiger partial charge in [0.2, 0.25) is 17.7 Å². The first-order chi connectivity index (χ1) is 18.2. The predicted octanol–water partition coefficient (Wildman–Crippen LogP) is 7.01. The van der Waals surface area contributed by atoms with Crippen LogP contribution in [-0.4, -0.2) is 16.1 Å². The van der Waals surface area contributed by atoms with Crippen LogP contribution in [0.5, 0.6) is 0 Å². The normalized spacial score (nSPS) is 16.0. The second kappa shape index (κ2) is 10.8. The van der Waals surface area contributed by atoms with Gasteiger partial charge in [-0.1, -0.05) is 48.0 Å². The predicted molar refractivity (Wildman–Crippen MR) is 152 cm³/mol. The van der Waals surface area contributed by atoms with E-state index in [2.05, 4.69) is 57.4 Å². The molecule has 1 unspecified atom stereocenters. The summed E-state index contributed by atoms with van der Waals surface area (Å²) in [6.07, 6.45) is 1.91. The lowest BCUT2D eigenvalue weighted by molar-refractivity contribution is -0.114. The molecule has 196 valence electrons. The molecule has 9 heteroatoms. The maximum Gasteiger partial charge on any atom is 0.247 e. The van der Waals surface area contributed by atoms with Crippen LogP contribution in [-0.2, 0) is 11.2 Å². The van der Waals surface area contributed by atoms with Gasteiger partial charge in [-0.15, -0.1) is 21.5 Å². The number of nitrogens with zero attached hydrogens (tertiary/aromatic N) is 2. The molecular weight excluding hydrogens is 567 g/mol. The highest BCUT2D eigenvalue weighted by Crippen LogP contribution is 2.48. The fourth-order valence-electron chi connectivity index (χ4n) is 4.92. The number of carbonyl (C=O) groups is 1. The summed E-state index contributed by atoms with van der Waals surface area (Å²) in [6.45, 7) is 5.96. The molecule has 3 heterocycles. The molecule has 5 rings (SSSR count). The molecule has 0 saturated carbocycles. The van der Waals surface area contributed by atoms with Gasteiger partial charge in [0.05, 0.1) is 5.92 Å². The first-order valence-electron chi connectivity index (χ1n) is 12.5. The van der Waals surface area contributed by atoms with E-state index in [1.807, 2.05) is 12.1 Å². The Kier molecular flexibility index (Phi) is 7.49. The number of nitrogens with one attached hydrogen (secondary N) is 1. The standard InChI is InChI=1S/C29H28BrFN4O2S/c1-15(2)13-22-25(28(32)36)27(24-14-19-20(30)5-4-6-23(19)38-24)26(29-35-34-16(3)37-29)21(33-22)12-9-17-7-10-18(31)11-8-17/h4-8,10-11,14-15,27,33H,9,12-13H2,1-3H3,(H2,32,36). The number of primary amides is 1. The van der Waals surface area contributed by atoms with Crippen LogP contribution in [0, 0.1) is 18.7 Å². The number of allylic oxidation sites excluding steroid dienone is 3. The number of halogens is 2. The Morgan fingerprint density at radius 1 is 1.16 bits per heavy atom. The molecule has 0 spiro atoms. The number of fused-ring (bicyclic) bond motifs is 1. The van der Waals surface area contributed by atoms with E-state index < -0.39 is 11.8 Å². The van der Waals surface area contributed by atoms with Crippen LogP contribution >= 0.6 is 27.3 Å². The summed E-state index contributed by atoms with van der Waals surface area (Å²) in [5, 5.41) is 13.1. The molecule has 6 nitrogen and oxygen atoms in total. The first kappa shape index (κ1) is 26.3. The van der Waals surface area contributed by atoms with E-state index in [0.29, 0.717) is 36.6 Å². The van der Waals surface area contributed by atoms with Crippen molar-refractivity contribution in [1.82, 2.24) is 15.5 Å². The lowest BCUT2D eigenvalue weighted by atomic mass is 9.81. The van der Waals surface area contributed by atoms with Gasteiger partial charge in [-0.25, -0.2) is 4.39 Å². The molecule has 2 aromatic carbocycles. The van der Waals surface area contributed by atoms with Crippen molar-refractivity contribution in [3.8, 4) is 0 Å². The molecule has 0 fully saturated rings. The second-order valence-electron chi connectivity index (χ2n) is 9.86. The molecule has 2 aromatic heterocycles. The van der Waals surface area contributed by atoms with E-state index in [0.717, 1.165) is 42.0 Å². The summed E-state index contributed by atoms with van der Waals surface area (Å²) >= 11 is 5.28. The van der Waals surface area contributed by atoms with Gasteiger partial charge in [-0.05, 0) is 61.1 Å². The Balaban J connectivity index is 1.71. The van der Waals surface area contributed by atoms with Crippen molar-refractivity contribution in [1.29, 1.82) is 0 Å². The van der Waals surface area contributed by atoms with E-state index in [4.69, 9.17) is 10.2 Å². The summed E-state index contributed by atoms with van der Waals surface area (Å²) in [5.74, 6) is -0.158. The van der Waals surface area contributed by atoms with Gasteiger partial charge in [-0.2, -0.15) is 0 Å². The summed E-state index contributed by atoms with van der Waals surface area (Å²) in [5.41, 5.74) is 10.0. The molecule has 0 saturated heterocycles. The summed E-state index contributed by atoms with van der Waals surface area (Å²) in [6, 6.07) is 14.7. The molecule has 1 aliphatic rings. The molecule has 0 radical (unpaired) electrons. The molecule has 3 N–H and O–H groups in total. The average molecular weight is 596 g/mol. The minimum absolute atomic E-state index is 0.268. The van der Waals surface area contributed by atoms with Gasteiger partial charge in [-0.3, -0.25) is 4.79 Å². The van der Waals surface area contributed by atoms with E-state index >= 15 is 0 Å². The van der Waals surface area contributed by atoms with Crippen LogP contribution in [0.2, 0.25) is 0 Å². The molecule has 0 aliphatic carbocycles. The van der Waals surface area contributed by atoms with Crippen molar-refractivity contribution in [2.45, 2.75) is 46.0 Å². The molecule has 1 aliphatic heterocycles. The number of nitrogens with two attached hydrogens (primary N) is 1. The molecule has 4 aromatic rings. The van der Waals surface area contributed by atoms with Crippen LogP contribution in [0.1, 0.15) is 54.8 Å². The lowest BCUT2D eigenvalue weighted by Crippen LogP contribution is -2.33. The van der Waals surface area contributed by atoms with Crippen LogP contribution in [0.4, 0.5) is 4.39 Å². The smallest absolute Gasteiger partial charge is 0.247 e. The van der Waals surface area contributed by atoms with Crippen LogP contribution in [0.25, 0.3) is 15.7 Å². The zero-order valence-corrected chi connectivity index (χ0v) is 23.7. The number of aryl methyl sites for hydroxylation is 2. The lowest BCUT2D eigenvalue weighted by Gasteiger charge is -2.32. The molecule has 1 atom stereocenters. The van der Waals surface area contributed by atoms with Crippen LogP contribution in [0.15, 0.2) is 74.4 Å². The maximum absolute atomic E-state index is 13.5. The Labute approximate surface area is 233 Å². The number of thiophene rings is 1. The van der Waals surface area contributed by atoms with Crippen LogP contribution in [0.3, 0.4) is 0 Å². The minimum Gasteiger partial charge on any atom is -0.421 e. The highest BCUT2D eigenvalue weighted by atomic mass is 79.9. The van der Waals surface area contributed by atoms with Gasteiger partial charge in [0.25, 0.3) is 0 Å². The quantitative estimate of drug-likeness (QED) is 0.229. The fraction of sp³-hybridized carbons (Fsp3) is 0.276. The van der Waals surface area contributed by atoms with Crippen molar-refractivity contribution in [2.75, 3.05) is 0 Å². The largest absolute Gasteiger partial charge is 0.421 e. The van der Waals surface area contributed by atoms with Crippen molar-refractivity contribution < 1.29 is 13.6 Å². The zero-order chi connectivity index (χ0) is 27.0. The van der Waals surface area contributed by atoms with Gasteiger partial charge in [0.1, 0.15) is 5.82 Å². The summed E-state index contributed by atoms with van der Waals surface area (Å²) in [7, 11) is 0. The number of hydrogen-bond acceptors (Lipinski definition) is 6. The number of benzene rings is 2. The van der Waals surface area contributed by atoms with Crippen molar-refractivity contribution in [2.24, 2.45) is 11.7 Å². The molecule has 38 heavy (non-hydrogen) atoms. The zero-order valence-electron chi connectivity index (χ0n) is 21.3. The number of hydrogen-bond donors (Lipinski definition) is 2. The van der Waals surface area contributed by atoms with E-state index in [9.17, 15) is 9.18 Å². The molecular formula is C29H28BrFN4O2S. The van der Waals surface area contributed by atoms with Gasteiger partial charge in [0.15, 0.2) is 0 Å². The highest BCUT2D eigenvalue weighted by Gasteiger charge is 2.38. The van der Waals surface area contributed by atoms with Crippen molar-refractivity contribution in [3.05, 3.63) is 98.0 Å². The number of rotatable bonds is 8. The van der Waals surface area contributed by atoms with Crippen LogP contribution < -0.4 is 11.1 Å². The SMILES string of the molecule is Cc1nnc(C2=C(CCc3ccc(F)cc3)NC(CC(C)C)=C(C(N)=O)C2c2cc3c(Br)cccc3s2)o1. The second-order valence-corrected chi connectivity index (χ2v) is 11.8. The van der Waals surface area contributed by atoms with Gasteiger partial charge >= 0.3 is 0 Å². The van der Waals surface area contributed by atoms with E-state index in [1.165, 1.54) is 12.1 Å². The fourth-order valence-corrected chi connectivity index (χ4v) is 6.74. The Morgan fingerprint density at radius 2 is 1.92 bits per heavy atom. The number of carbonyl (C=O) groups excluding carboxylic acids is 1. The third kappa shape index (κ3) is 5.31. The van der Waals surface area contributed by atoms with E-state index in [1.54, 1.807) is 30.4 Å². The molecule has 0 bridgehead atoms. The summed E-state index contributed by atoms with van der Waals surface area (Å²) in [4.78, 5) is 14.1. The molecule has 1 amide bonds. The highest BCUT2D eigenvalue weighted by molar-refractivity contribution is 9.10. The first-order valence-corrected chi connectivity index (χ1v) is 14.1. The maximum atomic E-state index is 13.5. The third-order valence-electron chi connectivity index (χ3n) is 6.55. The van der Waals surface area contributed by atoms with Gasteiger partial charge in [0, 0.05) is 48.9 Å². The van der Waals surface area contributed by atoms with Crippen molar-refractivity contribution in [3.63, 3.8) is 0 Å². The Bertz CT molecular complexity index is 1570. The Hall–Kier alpha value is -3.30. The topological polar surface area (TPSA) is 94.0 Å². The van der Waals surface area contributed by atoms with E-state index in [-0.39, 0.29) is 11.7 Å². The number of aromatic nitrogens is 2. The Morgan fingerprint density at radius 3 is 2.55 bits per heavy atom. The van der Waals surface area contributed by atoms with Crippen molar-refractivity contribution >= 4 is 48.8 Å². The minimum atomic E-state index is -0.485.